The van der Waals surface area contributed by atoms with Gasteiger partial charge in [-0.05, 0) is 31.0 Å². The van der Waals surface area contributed by atoms with Gasteiger partial charge in [0.05, 0.1) is 26.2 Å². The van der Waals surface area contributed by atoms with Crippen molar-refractivity contribution in [3.63, 3.8) is 0 Å². The molecule has 0 unspecified atom stereocenters. The number of amides is 1. The highest BCUT2D eigenvalue weighted by Crippen LogP contribution is 2.27. The molecule has 0 aliphatic heterocycles. The van der Waals surface area contributed by atoms with Gasteiger partial charge in [0, 0.05) is 13.0 Å². The Kier molecular flexibility index (Phi) is 6.38. The smallest absolute Gasteiger partial charge is 0.220 e. The quantitative estimate of drug-likeness (QED) is 0.825. The van der Waals surface area contributed by atoms with Gasteiger partial charge in [0.2, 0.25) is 5.91 Å². The van der Waals surface area contributed by atoms with Gasteiger partial charge < -0.3 is 14.8 Å². The maximum absolute atomic E-state index is 11.6. The van der Waals surface area contributed by atoms with Crippen LogP contribution in [0.15, 0.2) is 18.2 Å². The summed E-state index contributed by atoms with van der Waals surface area (Å²) in [6.45, 7) is 2.16. The molecular weight excluding hydrogens is 256 g/mol. The molecule has 0 aliphatic rings. The molecule has 0 radical (unpaired) electrons. The topological polar surface area (TPSA) is 71.3 Å². The summed E-state index contributed by atoms with van der Waals surface area (Å²) in [5.74, 6) is 1.11. The van der Waals surface area contributed by atoms with Crippen LogP contribution in [0, 0.1) is 17.2 Å². The minimum Gasteiger partial charge on any atom is -0.493 e. The van der Waals surface area contributed by atoms with E-state index in [0.29, 0.717) is 30.9 Å². The van der Waals surface area contributed by atoms with Gasteiger partial charge >= 0.3 is 0 Å². The molecule has 1 atom stereocenters. The number of hydrogen-bond acceptors (Lipinski definition) is 4. The Labute approximate surface area is 119 Å². The number of nitrogens with one attached hydrogen (secondary N) is 1. The molecule has 1 aromatic carbocycles. The molecule has 0 bridgehead atoms. The Bertz CT molecular complexity index is 494. The number of benzene rings is 1. The van der Waals surface area contributed by atoms with Gasteiger partial charge in [0.25, 0.3) is 0 Å². The van der Waals surface area contributed by atoms with E-state index in [1.807, 2.05) is 18.2 Å². The fourth-order valence-corrected chi connectivity index (χ4v) is 1.69. The average molecular weight is 276 g/mol. The number of hydrogen-bond donors (Lipinski definition) is 1. The number of methoxy groups -OCH3 is 2. The van der Waals surface area contributed by atoms with Crippen LogP contribution in [0.1, 0.15) is 18.9 Å². The van der Waals surface area contributed by atoms with Crippen molar-refractivity contribution in [3.8, 4) is 17.6 Å². The fourth-order valence-electron chi connectivity index (χ4n) is 1.69. The number of carbonyl (C=O) groups is 1. The predicted molar refractivity (Wildman–Crippen MR) is 75.7 cm³/mol. The highest BCUT2D eigenvalue weighted by Gasteiger charge is 2.08. The molecule has 1 N–H and O–H groups in total. The normalized spacial score (nSPS) is 11.3. The van der Waals surface area contributed by atoms with Crippen molar-refractivity contribution in [2.24, 2.45) is 5.92 Å². The average Bonchev–Trinajstić information content (AvgIpc) is 2.49. The van der Waals surface area contributed by atoms with Crippen molar-refractivity contribution in [3.05, 3.63) is 23.8 Å². The van der Waals surface area contributed by atoms with E-state index in [2.05, 4.69) is 11.4 Å². The first-order chi connectivity index (χ1) is 9.60. The van der Waals surface area contributed by atoms with Gasteiger partial charge in [-0.25, -0.2) is 0 Å². The second kappa shape index (κ2) is 8.05. The zero-order valence-electron chi connectivity index (χ0n) is 12.1. The standard InChI is InChI=1S/C15H20N2O3/c1-11(9-16)10-17-15(18)7-5-12-4-6-13(19-2)14(8-12)20-3/h4,6,8,11H,5,7,10H2,1-3H3,(H,17,18)/t11-/m1/s1. The molecule has 5 heteroatoms. The summed E-state index contributed by atoms with van der Waals surface area (Å²) >= 11 is 0. The van der Waals surface area contributed by atoms with Crippen LogP contribution >= 0.6 is 0 Å². The van der Waals surface area contributed by atoms with Crippen molar-refractivity contribution in [2.45, 2.75) is 19.8 Å². The Morgan fingerprint density at radius 3 is 2.65 bits per heavy atom. The number of carbonyl (C=O) groups excluding carboxylic acids is 1. The summed E-state index contributed by atoms with van der Waals surface area (Å²) in [5, 5.41) is 11.4. The van der Waals surface area contributed by atoms with Crippen molar-refractivity contribution in [2.75, 3.05) is 20.8 Å². The lowest BCUT2D eigenvalue weighted by Gasteiger charge is -2.10. The van der Waals surface area contributed by atoms with Crippen LogP contribution in [0.4, 0.5) is 0 Å². The maximum atomic E-state index is 11.6. The van der Waals surface area contributed by atoms with E-state index in [-0.39, 0.29) is 11.8 Å². The first-order valence-corrected chi connectivity index (χ1v) is 6.48. The molecule has 0 heterocycles. The number of rotatable bonds is 7. The predicted octanol–water partition coefficient (Wildman–Crippen LogP) is 1.91. The summed E-state index contributed by atoms with van der Waals surface area (Å²) in [5.41, 5.74) is 1.01. The highest BCUT2D eigenvalue weighted by atomic mass is 16.5. The van der Waals surface area contributed by atoms with Gasteiger partial charge in [0.1, 0.15) is 0 Å². The Balaban J connectivity index is 2.49. The van der Waals surface area contributed by atoms with Crippen LogP contribution in [0.5, 0.6) is 11.5 Å². The van der Waals surface area contributed by atoms with E-state index in [0.717, 1.165) is 5.56 Å². The van der Waals surface area contributed by atoms with E-state index in [4.69, 9.17) is 14.7 Å². The van der Waals surface area contributed by atoms with Crippen LogP contribution < -0.4 is 14.8 Å². The molecule has 108 valence electrons. The van der Waals surface area contributed by atoms with E-state index in [1.165, 1.54) is 0 Å². The highest BCUT2D eigenvalue weighted by molar-refractivity contribution is 5.76. The molecule has 0 aliphatic carbocycles. The van der Waals surface area contributed by atoms with Gasteiger partial charge in [0.15, 0.2) is 11.5 Å². The minimum absolute atomic E-state index is 0.0538. The lowest BCUT2D eigenvalue weighted by molar-refractivity contribution is -0.121. The summed E-state index contributed by atoms with van der Waals surface area (Å²) in [4.78, 5) is 11.6. The summed E-state index contributed by atoms with van der Waals surface area (Å²) in [7, 11) is 3.17. The zero-order valence-corrected chi connectivity index (χ0v) is 12.1. The van der Waals surface area contributed by atoms with Gasteiger partial charge in [-0.1, -0.05) is 6.07 Å². The summed E-state index contributed by atoms with van der Waals surface area (Å²) in [6, 6.07) is 7.67. The Hall–Kier alpha value is -2.22. The number of aryl methyl sites for hydroxylation is 1. The lowest BCUT2D eigenvalue weighted by atomic mass is 10.1. The molecule has 0 saturated heterocycles. The Morgan fingerprint density at radius 1 is 1.35 bits per heavy atom. The first kappa shape index (κ1) is 15.8. The first-order valence-electron chi connectivity index (χ1n) is 6.48. The van der Waals surface area contributed by atoms with Crippen molar-refractivity contribution < 1.29 is 14.3 Å². The molecule has 20 heavy (non-hydrogen) atoms. The molecular formula is C15H20N2O3. The number of nitrogens with zero attached hydrogens (tertiary/aromatic N) is 1. The van der Waals surface area contributed by atoms with Gasteiger partial charge in [-0.15, -0.1) is 0 Å². The van der Waals surface area contributed by atoms with Crippen molar-refractivity contribution in [1.29, 1.82) is 5.26 Å². The van der Waals surface area contributed by atoms with Crippen LogP contribution in [0.2, 0.25) is 0 Å². The molecule has 1 aromatic rings. The molecule has 0 fully saturated rings. The second-order valence-corrected chi connectivity index (χ2v) is 4.52. The maximum Gasteiger partial charge on any atom is 0.220 e. The fraction of sp³-hybridized carbons (Fsp3) is 0.467. The Morgan fingerprint density at radius 2 is 2.05 bits per heavy atom. The molecule has 0 saturated carbocycles. The third-order valence-corrected chi connectivity index (χ3v) is 2.91. The van der Waals surface area contributed by atoms with Crippen LogP contribution in [-0.2, 0) is 11.2 Å². The third-order valence-electron chi connectivity index (χ3n) is 2.91. The van der Waals surface area contributed by atoms with Crippen molar-refractivity contribution >= 4 is 5.91 Å². The number of nitriles is 1. The van der Waals surface area contributed by atoms with Gasteiger partial charge in [-0.2, -0.15) is 5.26 Å². The largest absolute Gasteiger partial charge is 0.493 e. The molecule has 0 spiro atoms. The molecule has 0 aromatic heterocycles. The monoisotopic (exact) mass is 276 g/mol. The molecule has 5 nitrogen and oxygen atoms in total. The second-order valence-electron chi connectivity index (χ2n) is 4.52. The van der Waals surface area contributed by atoms with E-state index < -0.39 is 0 Å². The molecule has 1 rings (SSSR count). The van der Waals surface area contributed by atoms with Gasteiger partial charge in [-0.3, -0.25) is 4.79 Å². The van der Waals surface area contributed by atoms with E-state index >= 15 is 0 Å². The summed E-state index contributed by atoms with van der Waals surface area (Å²) in [6.07, 6.45) is 1.00. The lowest BCUT2D eigenvalue weighted by Crippen LogP contribution is -2.27. The molecule has 1 amide bonds. The number of ether oxygens (including phenoxy) is 2. The third kappa shape index (κ3) is 4.81. The van der Waals surface area contributed by atoms with Crippen LogP contribution in [-0.4, -0.2) is 26.7 Å². The SMILES string of the molecule is COc1ccc(CCC(=O)NC[C@H](C)C#N)cc1OC. The van der Waals surface area contributed by atoms with E-state index in [1.54, 1.807) is 21.1 Å². The zero-order chi connectivity index (χ0) is 15.0. The minimum atomic E-state index is -0.167. The van der Waals surface area contributed by atoms with Crippen LogP contribution in [0.3, 0.4) is 0 Å². The van der Waals surface area contributed by atoms with Crippen LogP contribution in [0.25, 0.3) is 0 Å². The van der Waals surface area contributed by atoms with E-state index in [9.17, 15) is 4.79 Å². The summed E-state index contributed by atoms with van der Waals surface area (Å²) < 4.78 is 10.4. The van der Waals surface area contributed by atoms with Crippen molar-refractivity contribution in [1.82, 2.24) is 5.32 Å².